The van der Waals surface area contributed by atoms with E-state index < -0.39 is 0 Å². The Bertz CT molecular complexity index is 888. The lowest BCUT2D eigenvalue weighted by Crippen LogP contribution is -2.26. The molecule has 0 atom stereocenters. The Hall–Kier alpha value is -3.35. The highest BCUT2D eigenvalue weighted by Gasteiger charge is 2.16. The Morgan fingerprint density at radius 3 is 2.37 bits per heavy atom. The van der Waals surface area contributed by atoms with Crippen LogP contribution in [-0.4, -0.2) is 41.7 Å². The summed E-state index contributed by atoms with van der Waals surface area (Å²) >= 11 is 0. The molecule has 0 aliphatic carbocycles. The lowest BCUT2D eigenvalue weighted by Gasteiger charge is -2.15. The number of hydrogen-bond donors (Lipinski definition) is 0. The molecule has 140 valence electrons. The van der Waals surface area contributed by atoms with Gasteiger partial charge in [-0.15, -0.1) is 0 Å². The highest BCUT2D eigenvalue weighted by molar-refractivity contribution is 5.94. The average Bonchev–Trinajstić information content (AvgIpc) is 3.17. The maximum absolute atomic E-state index is 12.5. The summed E-state index contributed by atoms with van der Waals surface area (Å²) in [6, 6.07) is 14.4. The fourth-order valence-corrected chi connectivity index (χ4v) is 2.53. The van der Waals surface area contributed by atoms with Crippen LogP contribution in [0.2, 0.25) is 0 Å². The summed E-state index contributed by atoms with van der Waals surface area (Å²) in [7, 11) is 3.30. The van der Waals surface area contributed by atoms with Crippen molar-refractivity contribution in [3.05, 3.63) is 60.0 Å². The first-order chi connectivity index (χ1) is 13.1. The summed E-state index contributed by atoms with van der Waals surface area (Å²) in [5.74, 6) is 2.18. The number of nitrogens with zero attached hydrogens (tertiary/aromatic N) is 3. The molecule has 1 amide bonds. The van der Waals surface area contributed by atoms with Gasteiger partial charge in [-0.05, 0) is 55.5 Å². The van der Waals surface area contributed by atoms with Crippen LogP contribution in [0.4, 0.5) is 0 Å². The summed E-state index contributed by atoms with van der Waals surface area (Å²) in [6.07, 6.45) is 0. The van der Waals surface area contributed by atoms with Crippen LogP contribution in [0, 0.1) is 0 Å². The predicted molar refractivity (Wildman–Crippen MR) is 99.7 cm³/mol. The molecule has 0 aliphatic rings. The maximum Gasteiger partial charge on any atom is 0.254 e. The van der Waals surface area contributed by atoms with Gasteiger partial charge in [0, 0.05) is 18.2 Å². The van der Waals surface area contributed by atoms with Crippen molar-refractivity contribution >= 4 is 5.91 Å². The fourth-order valence-electron chi connectivity index (χ4n) is 2.53. The lowest BCUT2D eigenvalue weighted by atomic mass is 10.2. The number of amides is 1. The van der Waals surface area contributed by atoms with E-state index in [0.717, 1.165) is 17.1 Å². The van der Waals surface area contributed by atoms with Gasteiger partial charge in [-0.3, -0.25) is 4.79 Å². The zero-order chi connectivity index (χ0) is 19.2. The molecule has 1 heterocycles. The smallest absolute Gasteiger partial charge is 0.254 e. The largest absolute Gasteiger partial charge is 0.497 e. The second-order valence-corrected chi connectivity index (χ2v) is 5.86. The molecule has 0 saturated carbocycles. The minimum atomic E-state index is -0.137. The van der Waals surface area contributed by atoms with Crippen molar-refractivity contribution in [3.8, 4) is 22.9 Å². The average molecular weight is 367 g/mol. The zero-order valence-electron chi connectivity index (χ0n) is 15.5. The van der Waals surface area contributed by atoms with Crippen LogP contribution in [0.1, 0.15) is 23.2 Å². The van der Waals surface area contributed by atoms with E-state index in [1.807, 2.05) is 31.2 Å². The van der Waals surface area contributed by atoms with Gasteiger partial charge in [-0.1, -0.05) is 5.16 Å². The summed E-state index contributed by atoms with van der Waals surface area (Å²) < 4.78 is 15.8. The second kappa shape index (κ2) is 8.35. The fraction of sp³-hybridized carbons (Fsp3) is 0.250. The summed E-state index contributed by atoms with van der Waals surface area (Å²) in [5, 5.41) is 3.98. The van der Waals surface area contributed by atoms with Gasteiger partial charge in [0.05, 0.1) is 20.3 Å². The molecule has 7 heteroatoms. The zero-order valence-corrected chi connectivity index (χ0v) is 15.5. The van der Waals surface area contributed by atoms with Crippen LogP contribution in [-0.2, 0) is 6.54 Å². The van der Waals surface area contributed by atoms with Crippen LogP contribution in [0.25, 0.3) is 11.4 Å². The van der Waals surface area contributed by atoms with E-state index >= 15 is 0 Å². The van der Waals surface area contributed by atoms with Crippen molar-refractivity contribution in [2.75, 3.05) is 20.8 Å². The van der Waals surface area contributed by atoms with Crippen molar-refractivity contribution in [1.82, 2.24) is 15.0 Å². The minimum Gasteiger partial charge on any atom is -0.497 e. The molecule has 0 saturated heterocycles. The van der Waals surface area contributed by atoms with Crippen LogP contribution in [0.5, 0.6) is 11.5 Å². The molecular weight excluding hydrogens is 346 g/mol. The lowest BCUT2D eigenvalue weighted by molar-refractivity contribution is 0.0769. The number of benzene rings is 2. The van der Waals surface area contributed by atoms with Crippen LogP contribution >= 0.6 is 0 Å². The van der Waals surface area contributed by atoms with E-state index in [-0.39, 0.29) is 12.5 Å². The molecule has 3 aromatic rings. The summed E-state index contributed by atoms with van der Waals surface area (Å²) in [5.41, 5.74) is 1.38. The Labute approximate surface area is 157 Å². The number of ether oxygens (including phenoxy) is 2. The standard InChI is InChI=1S/C20H21N3O4/c1-4-26-17-11-7-15(8-12-17)20(24)23(2)13-18-21-19(22-27-18)14-5-9-16(25-3)10-6-14/h5-12H,4,13H2,1-3H3. The molecule has 0 aliphatic heterocycles. The SMILES string of the molecule is CCOc1ccc(C(=O)N(C)Cc2nc(-c3ccc(OC)cc3)no2)cc1. The number of aromatic nitrogens is 2. The number of carbonyl (C=O) groups is 1. The molecule has 27 heavy (non-hydrogen) atoms. The van der Waals surface area contributed by atoms with E-state index in [2.05, 4.69) is 10.1 Å². The quantitative estimate of drug-likeness (QED) is 0.637. The summed E-state index contributed by atoms with van der Waals surface area (Å²) in [4.78, 5) is 18.4. The topological polar surface area (TPSA) is 77.7 Å². The van der Waals surface area contributed by atoms with Gasteiger partial charge in [0.2, 0.25) is 11.7 Å². The number of methoxy groups -OCH3 is 1. The molecule has 0 bridgehead atoms. The number of hydrogen-bond acceptors (Lipinski definition) is 6. The van der Waals surface area contributed by atoms with Crippen molar-refractivity contribution in [3.63, 3.8) is 0 Å². The molecular formula is C20H21N3O4. The van der Waals surface area contributed by atoms with Gasteiger partial charge in [-0.25, -0.2) is 0 Å². The van der Waals surface area contributed by atoms with Gasteiger partial charge < -0.3 is 18.9 Å². The Morgan fingerprint density at radius 2 is 1.74 bits per heavy atom. The Kier molecular flexibility index (Phi) is 5.71. The Morgan fingerprint density at radius 1 is 1.07 bits per heavy atom. The molecule has 0 N–H and O–H groups in total. The van der Waals surface area contributed by atoms with Crippen molar-refractivity contribution in [2.24, 2.45) is 0 Å². The maximum atomic E-state index is 12.5. The highest BCUT2D eigenvalue weighted by Crippen LogP contribution is 2.20. The van der Waals surface area contributed by atoms with Gasteiger partial charge in [0.25, 0.3) is 5.91 Å². The number of carbonyl (C=O) groups excluding carboxylic acids is 1. The van der Waals surface area contributed by atoms with E-state index in [1.165, 1.54) is 4.90 Å². The van der Waals surface area contributed by atoms with Crippen LogP contribution in [0.3, 0.4) is 0 Å². The van der Waals surface area contributed by atoms with Gasteiger partial charge in [0.15, 0.2) is 0 Å². The van der Waals surface area contributed by atoms with Crippen molar-refractivity contribution < 1.29 is 18.8 Å². The highest BCUT2D eigenvalue weighted by atomic mass is 16.5. The first-order valence-electron chi connectivity index (χ1n) is 8.56. The van der Waals surface area contributed by atoms with E-state index in [1.54, 1.807) is 38.4 Å². The van der Waals surface area contributed by atoms with Gasteiger partial charge >= 0.3 is 0 Å². The first-order valence-corrected chi connectivity index (χ1v) is 8.56. The van der Waals surface area contributed by atoms with Gasteiger partial charge in [-0.2, -0.15) is 4.98 Å². The third-order valence-electron chi connectivity index (χ3n) is 3.95. The van der Waals surface area contributed by atoms with E-state index in [9.17, 15) is 4.79 Å². The molecule has 0 unspecified atom stereocenters. The molecule has 0 fully saturated rings. The van der Waals surface area contributed by atoms with Crippen molar-refractivity contribution in [2.45, 2.75) is 13.5 Å². The first kappa shape index (κ1) is 18.4. The summed E-state index contributed by atoms with van der Waals surface area (Å²) in [6.45, 7) is 2.72. The van der Waals surface area contributed by atoms with Crippen LogP contribution < -0.4 is 9.47 Å². The molecule has 0 spiro atoms. The number of rotatable bonds is 7. The minimum absolute atomic E-state index is 0.137. The monoisotopic (exact) mass is 367 g/mol. The van der Waals surface area contributed by atoms with Gasteiger partial charge in [0.1, 0.15) is 11.5 Å². The molecule has 1 aromatic heterocycles. The van der Waals surface area contributed by atoms with E-state index in [0.29, 0.717) is 23.9 Å². The molecule has 2 aromatic carbocycles. The third kappa shape index (κ3) is 4.44. The van der Waals surface area contributed by atoms with Crippen LogP contribution in [0.15, 0.2) is 53.1 Å². The van der Waals surface area contributed by atoms with E-state index in [4.69, 9.17) is 14.0 Å². The molecule has 7 nitrogen and oxygen atoms in total. The predicted octanol–water partition coefficient (Wildman–Crippen LogP) is 3.42. The molecule has 3 rings (SSSR count). The molecule has 0 radical (unpaired) electrons. The third-order valence-corrected chi connectivity index (χ3v) is 3.95. The Balaban J connectivity index is 1.65. The second-order valence-electron chi connectivity index (χ2n) is 5.86. The van der Waals surface area contributed by atoms with Crippen molar-refractivity contribution in [1.29, 1.82) is 0 Å². The normalized spacial score (nSPS) is 10.5.